The van der Waals surface area contributed by atoms with Crippen molar-refractivity contribution in [2.45, 2.75) is 140 Å². The smallest absolute Gasteiger partial charge is 0.412 e. The van der Waals surface area contributed by atoms with E-state index in [0.717, 1.165) is 53.9 Å². The van der Waals surface area contributed by atoms with Gasteiger partial charge in [-0.2, -0.15) is 0 Å². The Labute approximate surface area is 538 Å². The second-order valence-electron chi connectivity index (χ2n) is 23.3. The van der Waals surface area contributed by atoms with Crippen LogP contribution in [0, 0.1) is 5.92 Å². The summed E-state index contributed by atoms with van der Waals surface area (Å²) in [4.78, 5) is 117. The third-order valence-electron chi connectivity index (χ3n) is 16.5. The Hall–Kier alpha value is -8.73. The lowest BCUT2D eigenvalue weighted by Crippen LogP contribution is -2.63. The van der Waals surface area contributed by atoms with Crippen molar-refractivity contribution in [3.8, 4) is 17.5 Å². The Kier molecular flexibility index (Phi) is 24.2. The molecule has 4 heterocycles. The van der Waals surface area contributed by atoms with Crippen molar-refractivity contribution in [2.75, 3.05) is 84.2 Å². The van der Waals surface area contributed by atoms with E-state index >= 15 is 0 Å². The fraction of sp³-hybridized carbons (Fsp3) is 0.524. The Morgan fingerprint density at radius 1 is 0.924 bits per heavy atom. The van der Waals surface area contributed by atoms with Gasteiger partial charge in [0, 0.05) is 72.9 Å². The normalized spacial score (nSPS) is 23.5. The number of hydrogen-bond donors (Lipinski definition) is 6. The van der Waals surface area contributed by atoms with Crippen LogP contribution in [0.15, 0.2) is 78.4 Å². The van der Waals surface area contributed by atoms with Crippen LogP contribution in [0.1, 0.15) is 90.2 Å². The number of anilines is 3. The molecule has 0 radical (unpaired) electrons. The van der Waals surface area contributed by atoms with Crippen molar-refractivity contribution in [2.24, 2.45) is 5.92 Å². The van der Waals surface area contributed by atoms with Crippen LogP contribution in [0.25, 0.3) is 0 Å². The fourth-order valence-corrected chi connectivity index (χ4v) is 11.0. The molecule has 6 amide bonds. The van der Waals surface area contributed by atoms with E-state index in [4.69, 9.17) is 54.3 Å². The number of aliphatic hydroxyl groups is 1. The SMILES string of the molecule is COc1cc2cc(c1Cl)N(C)C(=O)C[C@H](OC(=O)[C@H](C)N(C)C(=O)CCOC(=O)N(C)CCN(C)C(=O)OCc1ccc(NC(=O)OC3C=CCCCCC3)c(NCC(=O)On3c(O)ccc3O)c1)[C@]1(C)O[C@H]1[C@H](C)[C@@H]1C[C@@](O)(NC(=O)O1)[C@H](OC)C=CC=C(C)C2. The van der Waals surface area contributed by atoms with Gasteiger partial charge in [0.05, 0.1) is 43.1 Å². The summed E-state index contributed by atoms with van der Waals surface area (Å²) in [7, 11) is 8.59. The molecule has 4 bridgehead atoms. The number of methoxy groups -OCH3 is 2. The number of likely N-dealkylation sites (N-methyl/N-ethyl adjacent to an activating group) is 3. The van der Waals surface area contributed by atoms with E-state index in [-0.39, 0.29) is 48.9 Å². The summed E-state index contributed by atoms with van der Waals surface area (Å²) in [5, 5.41) is 39.9. The van der Waals surface area contributed by atoms with E-state index in [1.165, 1.54) is 76.2 Å². The molecular formula is C63H83ClN8O20. The van der Waals surface area contributed by atoms with Gasteiger partial charge in [-0.15, -0.1) is 4.73 Å². The fourth-order valence-electron chi connectivity index (χ4n) is 10.7. The molecule has 1 unspecified atom stereocenters. The molecule has 1 aromatic heterocycles. The van der Waals surface area contributed by atoms with E-state index in [2.05, 4.69) is 16.0 Å². The maximum Gasteiger partial charge on any atom is 0.412 e. The average molecular weight is 1310 g/mol. The summed E-state index contributed by atoms with van der Waals surface area (Å²) in [5.74, 6) is -4.34. The predicted molar refractivity (Wildman–Crippen MR) is 333 cm³/mol. The lowest BCUT2D eigenvalue weighted by atomic mass is 9.83. The standard InChI is InChI=1S/C63H83ClN8O20/c1-37-17-16-20-48(85-10)63(83)34-47(89-59(80)67-63)38(2)56-62(4,91-56)49(33-53(76)71(8)45-31-41(29-37)32-46(84-9)55(45)64)90-57(78)39(3)70(7)50(73)25-28-86-60(81)68(5)26-27-69(6)61(82)87-36-40-21-22-43(66-58(79)88-42-18-14-12-11-13-15-19-42)44(30-40)65-35-54(77)92-72-51(74)23-24-52(72)75/h14,16-18,20-24,30-32,38-39,42,47-49,56,65,74-75,83H,11-13,15,19,25-29,33-36H2,1-10H3,(H,66,79)(H,67,80)/t38-,39+,42?,47+,48-,49+,56+,62+,63+/m1/s1. The number of aromatic nitrogens is 1. The van der Waals surface area contributed by atoms with Gasteiger partial charge >= 0.3 is 36.3 Å². The van der Waals surface area contributed by atoms with Crippen molar-refractivity contribution in [3.05, 3.63) is 94.6 Å². The zero-order chi connectivity index (χ0) is 67.2. The van der Waals surface area contributed by atoms with Crippen molar-refractivity contribution in [3.63, 3.8) is 0 Å². The van der Waals surface area contributed by atoms with Gasteiger partial charge in [0.1, 0.15) is 66.6 Å². The van der Waals surface area contributed by atoms with Crippen molar-refractivity contribution in [1.82, 2.24) is 24.7 Å². The van der Waals surface area contributed by atoms with E-state index < -0.39 is 133 Å². The Bertz CT molecular complexity index is 3260. The van der Waals surface area contributed by atoms with Gasteiger partial charge in [-0.3, -0.25) is 20.2 Å². The van der Waals surface area contributed by atoms with Gasteiger partial charge < -0.3 is 83.0 Å². The molecule has 28 nitrogen and oxygen atoms in total. The van der Waals surface area contributed by atoms with Crippen molar-refractivity contribution < 1.29 is 96.4 Å². The molecule has 2 saturated heterocycles. The van der Waals surface area contributed by atoms with Gasteiger partial charge in [-0.25, -0.2) is 28.8 Å². The number of halogens is 1. The average Bonchev–Trinajstić information content (AvgIpc) is 1.57. The molecule has 92 heavy (non-hydrogen) atoms. The van der Waals surface area contributed by atoms with Crippen LogP contribution in [-0.4, -0.2) is 199 Å². The Balaban J connectivity index is 0.927. The van der Waals surface area contributed by atoms with Crippen molar-refractivity contribution >= 4 is 76.8 Å². The highest BCUT2D eigenvalue weighted by Gasteiger charge is 2.64. The van der Waals surface area contributed by atoms with E-state index in [1.807, 2.05) is 25.2 Å². The molecule has 9 atom stereocenters. The predicted octanol–water partition coefficient (Wildman–Crippen LogP) is 6.96. The van der Waals surface area contributed by atoms with Crippen LogP contribution in [0.3, 0.4) is 0 Å². The quantitative estimate of drug-likeness (QED) is 0.0306. The van der Waals surface area contributed by atoms with E-state index in [0.29, 0.717) is 34.6 Å². The first-order chi connectivity index (χ1) is 43.6. The number of fused-ring (bicyclic) bond motifs is 5. The van der Waals surface area contributed by atoms with Crippen LogP contribution in [-0.2, 0) is 65.4 Å². The summed E-state index contributed by atoms with van der Waals surface area (Å²) < 4.78 is 46.5. The van der Waals surface area contributed by atoms with Gasteiger partial charge in [0.15, 0.2) is 5.72 Å². The summed E-state index contributed by atoms with van der Waals surface area (Å²) in [5.41, 5.74) is -0.506. The third-order valence-corrected chi connectivity index (χ3v) is 16.9. The molecule has 0 spiro atoms. The largest absolute Gasteiger partial charge is 0.495 e. The zero-order valence-corrected chi connectivity index (χ0v) is 54.0. The molecule has 7 rings (SSSR count). The van der Waals surface area contributed by atoms with Crippen LogP contribution in [0.2, 0.25) is 5.02 Å². The summed E-state index contributed by atoms with van der Waals surface area (Å²) >= 11 is 6.83. The third kappa shape index (κ3) is 18.3. The number of esters is 1. The molecule has 1 aliphatic carbocycles. The topological polar surface area (TPSA) is 338 Å². The zero-order valence-electron chi connectivity index (χ0n) is 53.3. The highest BCUT2D eigenvalue weighted by atomic mass is 35.5. The number of allylic oxidation sites excluding steroid dienone is 4. The van der Waals surface area contributed by atoms with E-state index in [1.54, 1.807) is 44.2 Å². The Morgan fingerprint density at radius 2 is 1.63 bits per heavy atom. The molecule has 29 heteroatoms. The van der Waals surface area contributed by atoms with Crippen LogP contribution in [0.4, 0.5) is 36.2 Å². The van der Waals surface area contributed by atoms with Crippen LogP contribution < -0.4 is 30.4 Å². The second kappa shape index (κ2) is 31.5. The summed E-state index contributed by atoms with van der Waals surface area (Å²) in [6, 6.07) is 9.10. The van der Waals surface area contributed by atoms with Gasteiger partial charge in [0.2, 0.25) is 23.6 Å². The number of rotatable bonds is 19. The molecule has 3 aliphatic heterocycles. The van der Waals surface area contributed by atoms with Gasteiger partial charge in [0.25, 0.3) is 0 Å². The van der Waals surface area contributed by atoms with Crippen molar-refractivity contribution in [1.29, 1.82) is 0 Å². The number of nitrogens with one attached hydrogen (secondary N) is 3. The van der Waals surface area contributed by atoms with Gasteiger partial charge in [-0.05, 0) is 94.3 Å². The first-order valence-electron chi connectivity index (χ1n) is 30.1. The maximum absolute atomic E-state index is 14.4. The number of benzene rings is 2. The number of carbonyl (C=O) groups is 8. The van der Waals surface area contributed by atoms with E-state index in [9.17, 15) is 53.7 Å². The number of epoxide rings is 1. The maximum atomic E-state index is 14.4. The highest BCUT2D eigenvalue weighted by molar-refractivity contribution is 6.35. The monoisotopic (exact) mass is 1310 g/mol. The molecule has 2 fully saturated rings. The number of hydrogen-bond acceptors (Lipinski definition) is 21. The minimum Gasteiger partial charge on any atom is -0.495 e. The summed E-state index contributed by atoms with van der Waals surface area (Å²) in [6.45, 7) is 5.49. The minimum atomic E-state index is -1.91. The highest BCUT2D eigenvalue weighted by Crippen LogP contribution is 2.49. The Morgan fingerprint density at radius 3 is 2.33 bits per heavy atom. The lowest BCUT2D eigenvalue weighted by Gasteiger charge is -2.42. The second-order valence-corrected chi connectivity index (χ2v) is 23.7. The number of nitrogens with zero attached hydrogens (tertiary/aromatic N) is 5. The molecule has 502 valence electrons. The number of carbonyl (C=O) groups excluding carboxylic acids is 8. The molecular weight excluding hydrogens is 1220 g/mol. The minimum absolute atomic E-state index is 0.0182. The molecule has 2 aromatic carbocycles. The molecule has 6 N–H and O–H groups in total. The lowest BCUT2D eigenvalue weighted by molar-refractivity contribution is -0.162. The number of amides is 6. The number of ether oxygens (including phenoxy) is 8. The first-order valence-corrected chi connectivity index (χ1v) is 30.4. The number of aromatic hydroxyl groups is 2. The number of alkyl carbamates (subject to hydrolysis) is 1. The summed E-state index contributed by atoms with van der Waals surface area (Å²) in [6.07, 6.45) is 5.18. The first kappa shape index (κ1) is 70.7. The van der Waals surface area contributed by atoms with Crippen LogP contribution in [0.5, 0.6) is 17.5 Å². The molecule has 4 aliphatic rings. The van der Waals surface area contributed by atoms with Gasteiger partial charge in [-0.1, -0.05) is 60.9 Å². The molecule has 0 saturated carbocycles. The van der Waals surface area contributed by atoms with Crippen LogP contribution >= 0.6 is 11.6 Å². The molecule has 3 aromatic rings.